The minimum Gasteiger partial charge on any atom is -0.404 e. The number of rotatable bonds is 4. The first-order chi connectivity index (χ1) is 7.37. The van der Waals surface area contributed by atoms with Crippen molar-refractivity contribution >= 4 is 19.7 Å². The van der Waals surface area contributed by atoms with E-state index < -0.39 is 7.82 Å². The lowest BCUT2D eigenvalue weighted by atomic mass is 10.2. The highest BCUT2D eigenvalue weighted by molar-refractivity contribution is 7.46. The molecule has 1 rings (SSSR count). The third-order valence-corrected chi connectivity index (χ3v) is 2.04. The van der Waals surface area contributed by atoms with Gasteiger partial charge < -0.3 is 4.52 Å². The van der Waals surface area contributed by atoms with E-state index in [1.807, 2.05) is 0 Å². The summed E-state index contributed by atoms with van der Waals surface area (Å²) in [6, 6.07) is 6.11. The largest absolute Gasteiger partial charge is 0.524 e. The maximum atomic E-state index is 10.7. The van der Waals surface area contributed by atoms with Crippen LogP contribution in [0.3, 0.4) is 0 Å². The van der Waals surface area contributed by atoms with Gasteiger partial charge in [0.05, 0.1) is 0 Å². The van der Waals surface area contributed by atoms with Crippen molar-refractivity contribution in [2.75, 3.05) is 0 Å². The Morgan fingerprint density at radius 1 is 1.44 bits per heavy atom. The lowest BCUT2D eigenvalue weighted by Crippen LogP contribution is -1.90. The van der Waals surface area contributed by atoms with Gasteiger partial charge in [0, 0.05) is 0 Å². The first kappa shape index (κ1) is 12.6. The number of carbonyl (C=O) groups excluding carboxylic acids is 1. The summed E-state index contributed by atoms with van der Waals surface area (Å²) in [5, 5.41) is 0. The molecule has 0 unspecified atom stereocenters. The monoisotopic (exact) mass is 242 g/mol. The van der Waals surface area contributed by atoms with E-state index in [-0.39, 0.29) is 11.5 Å². The van der Waals surface area contributed by atoms with E-state index in [0.29, 0.717) is 5.56 Å². The van der Waals surface area contributed by atoms with E-state index in [9.17, 15) is 9.36 Å². The summed E-state index contributed by atoms with van der Waals surface area (Å²) in [5.74, 6) is -0.0552. The molecule has 1 aromatic carbocycles. The molecule has 2 N–H and O–H groups in total. The van der Waals surface area contributed by atoms with Crippen LogP contribution in [0, 0.1) is 0 Å². The number of hydrogen-bond acceptors (Lipinski definition) is 3. The van der Waals surface area contributed by atoms with Crippen LogP contribution in [-0.2, 0) is 9.36 Å². The van der Waals surface area contributed by atoms with E-state index >= 15 is 0 Å². The normalized spacial score (nSPS) is 11.7. The Bertz CT molecular complexity index is 460. The summed E-state index contributed by atoms with van der Waals surface area (Å²) in [7, 11) is -4.54. The summed E-state index contributed by atoms with van der Waals surface area (Å²) < 4.78 is 15.0. The van der Waals surface area contributed by atoms with Crippen molar-refractivity contribution in [3.8, 4) is 5.75 Å². The van der Waals surface area contributed by atoms with Crippen LogP contribution in [0.4, 0.5) is 0 Å². The Morgan fingerprint density at radius 3 is 2.69 bits per heavy atom. The quantitative estimate of drug-likeness (QED) is 0.620. The summed E-state index contributed by atoms with van der Waals surface area (Å²) in [6.07, 6.45) is 2.89. The average Bonchev–Trinajstić information content (AvgIpc) is 2.12. The first-order valence-electron chi connectivity index (χ1n) is 4.41. The van der Waals surface area contributed by atoms with Gasteiger partial charge in [0.15, 0.2) is 5.78 Å². The molecule has 0 aromatic heterocycles. The van der Waals surface area contributed by atoms with Gasteiger partial charge >= 0.3 is 7.82 Å². The van der Waals surface area contributed by atoms with Crippen molar-refractivity contribution in [3.05, 3.63) is 35.9 Å². The Hall–Kier alpha value is -1.42. The number of ketones is 1. The maximum absolute atomic E-state index is 10.7. The Labute approximate surface area is 92.6 Å². The van der Waals surface area contributed by atoms with Crippen LogP contribution in [-0.4, -0.2) is 15.6 Å². The summed E-state index contributed by atoms with van der Waals surface area (Å²) in [6.45, 7) is 1.41. The van der Waals surface area contributed by atoms with Gasteiger partial charge in [-0.2, -0.15) is 0 Å². The lowest BCUT2D eigenvalue weighted by molar-refractivity contribution is -0.112. The van der Waals surface area contributed by atoms with Crippen LogP contribution in [0.25, 0.3) is 6.08 Å². The maximum Gasteiger partial charge on any atom is 0.524 e. The molecule has 0 fully saturated rings. The van der Waals surface area contributed by atoms with Crippen LogP contribution >= 0.6 is 7.82 Å². The van der Waals surface area contributed by atoms with Crippen LogP contribution in [0.15, 0.2) is 30.3 Å². The fourth-order valence-corrected chi connectivity index (χ4v) is 1.41. The molecule has 0 aliphatic heterocycles. The number of carbonyl (C=O) groups is 1. The van der Waals surface area contributed by atoms with Crippen molar-refractivity contribution < 1.29 is 23.7 Å². The summed E-state index contributed by atoms with van der Waals surface area (Å²) >= 11 is 0. The molecular weight excluding hydrogens is 231 g/mol. The fraction of sp³-hybridized carbons (Fsp3) is 0.100. The standard InChI is InChI=1S/C10H11O5P/c1-8(11)5-6-9-3-2-4-10(7-9)15-16(12,13)14/h2-7H,1H3,(H2,12,13,14). The zero-order valence-electron chi connectivity index (χ0n) is 8.53. The van der Waals surface area contributed by atoms with E-state index in [4.69, 9.17) is 9.79 Å². The third-order valence-electron chi connectivity index (χ3n) is 1.59. The SMILES string of the molecule is CC(=O)C=Cc1cccc(OP(=O)(O)O)c1. The number of allylic oxidation sites excluding steroid dienone is 1. The summed E-state index contributed by atoms with van der Waals surface area (Å²) in [4.78, 5) is 27.9. The molecule has 0 atom stereocenters. The number of hydrogen-bond donors (Lipinski definition) is 2. The minimum absolute atomic E-state index is 0.0547. The molecule has 0 saturated carbocycles. The third kappa shape index (κ3) is 4.89. The van der Waals surface area contributed by atoms with Crippen molar-refractivity contribution in [2.45, 2.75) is 6.92 Å². The first-order valence-corrected chi connectivity index (χ1v) is 5.94. The number of phosphoric ester groups is 1. The van der Waals surface area contributed by atoms with Crippen LogP contribution < -0.4 is 4.52 Å². The summed E-state index contributed by atoms with van der Waals surface area (Å²) in [5.41, 5.74) is 0.626. The molecule has 0 aliphatic carbocycles. The molecule has 6 heteroatoms. The molecule has 0 heterocycles. The Morgan fingerprint density at radius 2 is 2.12 bits per heavy atom. The van der Waals surface area contributed by atoms with Crippen LogP contribution in [0.1, 0.15) is 12.5 Å². The minimum atomic E-state index is -4.54. The van der Waals surface area contributed by atoms with E-state index in [2.05, 4.69) is 4.52 Å². The molecule has 1 aromatic rings. The predicted octanol–water partition coefficient (Wildman–Crippen LogP) is 1.76. The zero-order chi connectivity index (χ0) is 12.2. The highest BCUT2D eigenvalue weighted by Gasteiger charge is 2.15. The second-order valence-corrected chi connectivity index (χ2v) is 4.26. The zero-order valence-corrected chi connectivity index (χ0v) is 9.42. The Kier molecular flexibility index (Phi) is 4.01. The molecule has 0 amide bonds. The van der Waals surface area contributed by atoms with Gasteiger partial charge in [-0.05, 0) is 30.7 Å². The van der Waals surface area contributed by atoms with Gasteiger partial charge in [-0.25, -0.2) is 4.57 Å². The van der Waals surface area contributed by atoms with Gasteiger partial charge in [0.1, 0.15) is 5.75 Å². The second-order valence-electron chi connectivity index (χ2n) is 3.10. The van der Waals surface area contributed by atoms with E-state index in [1.165, 1.54) is 31.2 Å². The van der Waals surface area contributed by atoms with E-state index in [1.54, 1.807) is 12.1 Å². The molecule has 0 saturated heterocycles. The topological polar surface area (TPSA) is 83.8 Å². The van der Waals surface area contributed by atoms with Gasteiger partial charge in [0.2, 0.25) is 0 Å². The van der Waals surface area contributed by atoms with Crippen molar-refractivity contribution in [1.29, 1.82) is 0 Å². The van der Waals surface area contributed by atoms with Crippen molar-refractivity contribution in [1.82, 2.24) is 0 Å². The molecule has 5 nitrogen and oxygen atoms in total. The predicted molar refractivity (Wildman–Crippen MR) is 58.8 cm³/mol. The van der Waals surface area contributed by atoms with Gasteiger partial charge in [-0.15, -0.1) is 0 Å². The highest BCUT2D eigenvalue weighted by Crippen LogP contribution is 2.37. The second kappa shape index (κ2) is 5.07. The van der Waals surface area contributed by atoms with Crippen molar-refractivity contribution in [2.24, 2.45) is 0 Å². The fourth-order valence-electron chi connectivity index (χ4n) is 1.03. The average molecular weight is 242 g/mol. The Balaban J connectivity index is 2.87. The highest BCUT2D eigenvalue weighted by atomic mass is 31.2. The van der Waals surface area contributed by atoms with Gasteiger partial charge in [0.25, 0.3) is 0 Å². The van der Waals surface area contributed by atoms with Gasteiger partial charge in [-0.1, -0.05) is 18.2 Å². The number of benzene rings is 1. The molecule has 86 valence electrons. The smallest absolute Gasteiger partial charge is 0.404 e. The van der Waals surface area contributed by atoms with Crippen LogP contribution in [0.2, 0.25) is 0 Å². The van der Waals surface area contributed by atoms with E-state index in [0.717, 1.165) is 0 Å². The molecule has 16 heavy (non-hydrogen) atoms. The molecular formula is C10H11O5P. The lowest BCUT2D eigenvalue weighted by Gasteiger charge is -2.06. The molecule has 0 bridgehead atoms. The van der Waals surface area contributed by atoms with Crippen LogP contribution in [0.5, 0.6) is 5.75 Å². The van der Waals surface area contributed by atoms with Crippen molar-refractivity contribution in [3.63, 3.8) is 0 Å². The van der Waals surface area contributed by atoms with Gasteiger partial charge in [-0.3, -0.25) is 14.6 Å². The molecule has 0 aliphatic rings. The number of phosphoric acid groups is 1. The molecule has 0 spiro atoms. The molecule has 0 radical (unpaired) electrons.